The van der Waals surface area contributed by atoms with Crippen LogP contribution in [0.15, 0.2) is 79.0 Å². The first-order valence-corrected chi connectivity index (χ1v) is 10.6. The molecule has 2 N–H and O–H groups in total. The normalized spacial score (nSPS) is 11.7. The molecule has 4 rings (SSSR count). The van der Waals surface area contributed by atoms with Crippen molar-refractivity contribution in [1.82, 2.24) is 10.3 Å². The first-order valence-electron chi connectivity index (χ1n) is 10.2. The number of nitrogens with one attached hydrogen (secondary N) is 2. The highest BCUT2D eigenvalue weighted by Crippen LogP contribution is 2.30. The van der Waals surface area contributed by atoms with E-state index in [1.807, 2.05) is 42.5 Å². The van der Waals surface area contributed by atoms with Gasteiger partial charge in [0.25, 0.3) is 0 Å². The molecule has 156 valence electrons. The number of aryl methyl sites for hydroxylation is 2. The van der Waals surface area contributed by atoms with Gasteiger partial charge in [-0.3, -0.25) is 4.98 Å². The van der Waals surface area contributed by atoms with Crippen molar-refractivity contribution < 1.29 is 4.74 Å². The van der Waals surface area contributed by atoms with Crippen molar-refractivity contribution in [1.29, 1.82) is 0 Å². The van der Waals surface area contributed by atoms with E-state index in [1.54, 1.807) is 13.3 Å². The van der Waals surface area contributed by atoms with Gasteiger partial charge >= 0.3 is 0 Å². The molecule has 1 aromatic heterocycles. The number of hydrogen-bond acceptors (Lipinski definition) is 3. The molecule has 5 heteroatoms. The number of fused-ring (bicyclic) bond motifs is 1. The van der Waals surface area contributed by atoms with Gasteiger partial charge in [0.15, 0.2) is 5.11 Å². The molecule has 0 aliphatic rings. The predicted octanol–water partition coefficient (Wildman–Crippen LogP) is 5.94. The van der Waals surface area contributed by atoms with Crippen molar-refractivity contribution in [3.63, 3.8) is 0 Å². The van der Waals surface area contributed by atoms with Crippen molar-refractivity contribution in [3.05, 3.63) is 101 Å². The SMILES string of the molecule is COc1ccc(NC(=S)N[C@@H](c2ccccc2)c2ccc(C)cc2C)c2cccnc12. The minimum Gasteiger partial charge on any atom is -0.494 e. The third-order valence-electron chi connectivity index (χ3n) is 5.35. The number of aromatic nitrogens is 1. The Morgan fingerprint density at radius 1 is 0.968 bits per heavy atom. The molecule has 0 fully saturated rings. The third-order valence-corrected chi connectivity index (χ3v) is 5.57. The Balaban J connectivity index is 1.65. The van der Waals surface area contributed by atoms with Gasteiger partial charge in [0, 0.05) is 17.3 Å². The lowest BCUT2D eigenvalue weighted by Gasteiger charge is -2.24. The van der Waals surface area contributed by atoms with Crippen LogP contribution in [0.25, 0.3) is 10.9 Å². The number of rotatable bonds is 5. The molecule has 0 unspecified atom stereocenters. The largest absolute Gasteiger partial charge is 0.494 e. The highest BCUT2D eigenvalue weighted by molar-refractivity contribution is 7.80. The van der Waals surface area contributed by atoms with Crippen LogP contribution >= 0.6 is 12.2 Å². The van der Waals surface area contributed by atoms with Crippen LogP contribution in [0.2, 0.25) is 0 Å². The first-order chi connectivity index (χ1) is 15.1. The molecule has 0 saturated heterocycles. The maximum Gasteiger partial charge on any atom is 0.171 e. The lowest BCUT2D eigenvalue weighted by molar-refractivity contribution is 0.419. The quantitative estimate of drug-likeness (QED) is 0.386. The molecular weight excluding hydrogens is 402 g/mol. The highest BCUT2D eigenvalue weighted by Gasteiger charge is 2.18. The van der Waals surface area contributed by atoms with Gasteiger partial charge in [-0.05, 0) is 67.0 Å². The number of thiocarbonyl (C=S) groups is 1. The number of methoxy groups -OCH3 is 1. The van der Waals surface area contributed by atoms with E-state index in [2.05, 4.69) is 59.8 Å². The molecule has 0 aliphatic heterocycles. The van der Waals surface area contributed by atoms with E-state index in [9.17, 15) is 0 Å². The Hall–Kier alpha value is -3.44. The zero-order chi connectivity index (χ0) is 21.8. The van der Waals surface area contributed by atoms with Crippen LogP contribution in [-0.4, -0.2) is 17.2 Å². The lowest BCUT2D eigenvalue weighted by Crippen LogP contribution is -2.33. The Kier molecular flexibility index (Phi) is 6.14. The first kappa shape index (κ1) is 20.8. The molecule has 1 heterocycles. The predicted molar refractivity (Wildman–Crippen MR) is 132 cm³/mol. The number of hydrogen-bond donors (Lipinski definition) is 2. The fourth-order valence-electron chi connectivity index (χ4n) is 3.85. The summed E-state index contributed by atoms with van der Waals surface area (Å²) in [6.07, 6.45) is 1.76. The lowest BCUT2D eigenvalue weighted by atomic mass is 9.94. The molecule has 0 bridgehead atoms. The summed E-state index contributed by atoms with van der Waals surface area (Å²) < 4.78 is 5.45. The molecule has 0 aliphatic carbocycles. The van der Waals surface area contributed by atoms with E-state index >= 15 is 0 Å². The van der Waals surface area contributed by atoms with Crippen LogP contribution in [0.5, 0.6) is 5.75 Å². The minimum atomic E-state index is -0.0653. The zero-order valence-electron chi connectivity index (χ0n) is 17.8. The summed E-state index contributed by atoms with van der Waals surface area (Å²) in [6.45, 7) is 4.25. The van der Waals surface area contributed by atoms with Crippen molar-refractivity contribution in [2.45, 2.75) is 19.9 Å². The van der Waals surface area contributed by atoms with Gasteiger partial charge in [-0.1, -0.05) is 54.1 Å². The zero-order valence-corrected chi connectivity index (χ0v) is 18.7. The second-order valence-electron chi connectivity index (χ2n) is 7.52. The molecule has 4 nitrogen and oxygen atoms in total. The molecule has 0 amide bonds. The topological polar surface area (TPSA) is 46.2 Å². The van der Waals surface area contributed by atoms with E-state index in [1.165, 1.54) is 16.7 Å². The minimum absolute atomic E-state index is 0.0653. The van der Waals surface area contributed by atoms with Crippen molar-refractivity contribution in [2.75, 3.05) is 12.4 Å². The maximum atomic E-state index is 5.73. The van der Waals surface area contributed by atoms with Gasteiger partial charge < -0.3 is 15.4 Å². The van der Waals surface area contributed by atoms with Crippen molar-refractivity contribution >= 4 is 33.9 Å². The molecule has 0 spiro atoms. The molecule has 31 heavy (non-hydrogen) atoms. The van der Waals surface area contributed by atoms with Gasteiger partial charge in [-0.25, -0.2) is 0 Å². The average molecular weight is 428 g/mol. The van der Waals surface area contributed by atoms with Crippen LogP contribution in [0.3, 0.4) is 0 Å². The maximum absolute atomic E-state index is 5.73. The molecule has 3 aromatic carbocycles. The number of ether oxygens (including phenoxy) is 1. The van der Waals surface area contributed by atoms with Crippen LogP contribution < -0.4 is 15.4 Å². The highest BCUT2D eigenvalue weighted by atomic mass is 32.1. The smallest absolute Gasteiger partial charge is 0.171 e. The van der Waals surface area contributed by atoms with Gasteiger partial charge in [-0.2, -0.15) is 0 Å². The molecule has 0 radical (unpaired) electrons. The summed E-state index contributed by atoms with van der Waals surface area (Å²) in [7, 11) is 1.65. The van der Waals surface area contributed by atoms with Gasteiger partial charge in [0.1, 0.15) is 11.3 Å². The monoisotopic (exact) mass is 427 g/mol. The second-order valence-corrected chi connectivity index (χ2v) is 7.93. The van der Waals surface area contributed by atoms with Gasteiger partial charge in [-0.15, -0.1) is 0 Å². The fourth-order valence-corrected chi connectivity index (χ4v) is 4.07. The van der Waals surface area contributed by atoms with Crippen molar-refractivity contribution in [3.8, 4) is 5.75 Å². The number of benzene rings is 3. The number of nitrogens with zero attached hydrogens (tertiary/aromatic N) is 1. The van der Waals surface area contributed by atoms with Crippen LogP contribution in [0.1, 0.15) is 28.3 Å². The summed E-state index contributed by atoms with van der Waals surface area (Å²) >= 11 is 5.73. The van der Waals surface area contributed by atoms with E-state index in [-0.39, 0.29) is 6.04 Å². The summed E-state index contributed by atoms with van der Waals surface area (Å²) in [5.41, 5.74) is 6.50. The molecule has 0 saturated carbocycles. The van der Waals surface area contributed by atoms with E-state index in [0.717, 1.165) is 27.9 Å². The molecule has 1 atom stereocenters. The van der Waals surface area contributed by atoms with Crippen molar-refractivity contribution in [2.24, 2.45) is 0 Å². The third kappa shape index (κ3) is 4.52. The summed E-state index contributed by atoms with van der Waals surface area (Å²) in [5.74, 6) is 0.734. The van der Waals surface area contributed by atoms with Gasteiger partial charge in [0.05, 0.1) is 13.2 Å². The summed E-state index contributed by atoms with van der Waals surface area (Å²) in [6, 6.07) is 24.6. The Bertz CT molecular complexity index is 1220. The Morgan fingerprint density at radius 2 is 1.77 bits per heavy atom. The summed E-state index contributed by atoms with van der Waals surface area (Å²) in [4.78, 5) is 4.47. The Labute approximate surface area is 188 Å². The van der Waals surface area contributed by atoms with E-state index in [0.29, 0.717) is 5.11 Å². The van der Waals surface area contributed by atoms with Gasteiger partial charge in [0.2, 0.25) is 0 Å². The molecular formula is C26H25N3OS. The van der Waals surface area contributed by atoms with E-state index < -0.39 is 0 Å². The number of pyridine rings is 1. The molecule has 4 aromatic rings. The standard InChI is InChI=1S/C26H25N3OS/c1-17-11-12-20(18(2)16-17)24(19-8-5-4-6-9-19)29-26(31)28-22-13-14-23(30-3)25-21(22)10-7-15-27-25/h4-16,24H,1-3H3,(H2,28,29,31)/t24-/m0/s1. The van der Waals surface area contributed by atoms with Crippen LogP contribution in [0.4, 0.5) is 5.69 Å². The van der Waals surface area contributed by atoms with E-state index in [4.69, 9.17) is 17.0 Å². The Morgan fingerprint density at radius 3 is 2.52 bits per heavy atom. The van der Waals surface area contributed by atoms with Crippen LogP contribution in [-0.2, 0) is 0 Å². The summed E-state index contributed by atoms with van der Waals surface area (Å²) in [5, 5.41) is 8.38. The van der Waals surface area contributed by atoms with Crippen LogP contribution in [0, 0.1) is 13.8 Å². The second kappa shape index (κ2) is 9.14. The number of anilines is 1. The average Bonchev–Trinajstić information content (AvgIpc) is 2.79. The fraction of sp³-hybridized carbons (Fsp3) is 0.154.